The average Bonchev–Trinajstić information content (AvgIpc) is 3.07. The topological polar surface area (TPSA) is 49.9 Å². The largest absolute Gasteiger partial charge is 0.375 e. The number of benzene rings is 1. The maximum atomic E-state index is 12.9. The van der Waals surface area contributed by atoms with E-state index >= 15 is 0 Å². The molecule has 2 aliphatic heterocycles. The third-order valence-electron chi connectivity index (χ3n) is 4.73. The lowest BCUT2D eigenvalue weighted by Gasteiger charge is -2.38. The minimum Gasteiger partial charge on any atom is -0.375 e. The van der Waals surface area contributed by atoms with Gasteiger partial charge in [0.05, 0.1) is 24.5 Å². The zero-order valence-corrected chi connectivity index (χ0v) is 14.5. The van der Waals surface area contributed by atoms with Crippen molar-refractivity contribution in [2.45, 2.75) is 31.9 Å². The summed E-state index contributed by atoms with van der Waals surface area (Å²) >= 11 is 0. The second-order valence-electron chi connectivity index (χ2n) is 6.50. The van der Waals surface area contributed by atoms with Gasteiger partial charge in [-0.2, -0.15) is 4.31 Å². The molecule has 6 heteroatoms. The number of rotatable bonds is 5. The number of likely N-dealkylation sites (tertiary alicyclic amines) is 1. The number of morpholine rings is 1. The molecule has 2 atom stereocenters. The quantitative estimate of drug-likeness (QED) is 0.822. The zero-order chi connectivity index (χ0) is 16.3. The van der Waals surface area contributed by atoms with Gasteiger partial charge in [0.2, 0.25) is 10.0 Å². The van der Waals surface area contributed by atoms with E-state index in [4.69, 9.17) is 4.74 Å². The van der Waals surface area contributed by atoms with Gasteiger partial charge in [0, 0.05) is 13.1 Å². The molecule has 0 N–H and O–H groups in total. The molecule has 2 fully saturated rings. The highest BCUT2D eigenvalue weighted by atomic mass is 32.2. The van der Waals surface area contributed by atoms with Gasteiger partial charge in [-0.3, -0.25) is 0 Å². The van der Waals surface area contributed by atoms with Gasteiger partial charge in [-0.1, -0.05) is 30.3 Å². The van der Waals surface area contributed by atoms with Crippen molar-refractivity contribution in [3.05, 3.63) is 35.9 Å². The third kappa shape index (κ3) is 4.12. The van der Waals surface area contributed by atoms with Crippen LogP contribution in [0.4, 0.5) is 0 Å². The molecule has 0 aromatic heterocycles. The standard InChI is InChI=1S/C17H26N2O3S/c1-15-13-19(17(14-22-15)16-7-3-2-4-8-16)23(20,21)12-11-18-9-5-6-10-18/h2-4,7-8,15,17H,5-6,9-14H2,1H3. The molecule has 2 heterocycles. The molecule has 0 amide bonds. The Bertz CT molecular complexity index is 600. The SMILES string of the molecule is CC1CN(S(=O)(=O)CCN2CCCC2)C(c2ccccc2)CO1. The summed E-state index contributed by atoms with van der Waals surface area (Å²) in [6.07, 6.45) is 2.30. The molecule has 0 aliphatic carbocycles. The zero-order valence-electron chi connectivity index (χ0n) is 13.7. The highest BCUT2D eigenvalue weighted by molar-refractivity contribution is 7.89. The summed E-state index contributed by atoms with van der Waals surface area (Å²) in [6, 6.07) is 9.59. The Hall–Kier alpha value is -0.950. The van der Waals surface area contributed by atoms with Crippen molar-refractivity contribution in [3.63, 3.8) is 0 Å². The predicted octanol–water partition coefficient (Wildman–Crippen LogP) is 1.87. The fourth-order valence-electron chi connectivity index (χ4n) is 3.38. The highest BCUT2D eigenvalue weighted by Crippen LogP contribution is 2.29. The van der Waals surface area contributed by atoms with Crippen LogP contribution in [0.1, 0.15) is 31.4 Å². The lowest BCUT2D eigenvalue weighted by Crippen LogP contribution is -2.48. The molecule has 128 valence electrons. The first-order valence-electron chi connectivity index (χ1n) is 8.45. The molecule has 23 heavy (non-hydrogen) atoms. The summed E-state index contributed by atoms with van der Waals surface area (Å²) in [7, 11) is -3.29. The molecule has 1 aromatic rings. The molecule has 0 radical (unpaired) electrons. The summed E-state index contributed by atoms with van der Waals surface area (Å²) in [5, 5.41) is 0. The first kappa shape index (κ1) is 16.9. The summed E-state index contributed by atoms with van der Waals surface area (Å²) in [4.78, 5) is 2.25. The number of hydrogen-bond donors (Lipinski definition) is 0. The van der Waals surface area contributed by atoms with Crippen molar-refractivity contribution >= 4 is 10.0 Å². The van der Waals surface area contributed by atoms with E-state index in [2.05, 4.69) is 4.90 Å². The maximum Gasteiger partial charge on any atom is 0.216 e. The molecular formula is C17H26N2O3S. The van der Waals surface area contributed by atoms with E-state index in [-0.39, 0.29) is 17.9 Å². The summed E-state index contributed by atoms with van der Waals surface area (Å²) < 4.78 is 33.2. The van der Waals surface area contributed by atoms with E-state index in [0.717, 1.165) is 18.7 Å². The van der Waals surface area contributed by atoms with Gasteiger partial charge in [-0.25, -0.2) is 8.42 Å². The Labute approximate surface area is 139 Å². The fraction of sp³-hybridized carbons (Fsp3) is 0.647. The van der Waals surface area contributed by atoms with Gasteiger partial charge in [0.1, 0.15) is 0 Å². The van der Waals surface area contributed by atoms with Crippen molar-refractivity contribution in [2.75, 3.05) is 38.5 Å². The predicted molar refractivity (Wildman–Crippen MR) is 90.8 cm³/mol. The van der Waals surface area contributed by atoms with Crippen LogP contribution in [0, 0.1) is 0 Å². The summed E-state index contributed by atoms with van der Waals surface area (Å²) in [6.45, 7) is 5.48. The van der Waals surface area contributed by atoms with E-state index in [1.54, 1.807) is 4.31 Å². The van der Waals surface area contributed by atoms with E-state index < -0.39 is 10.0 Å². The van der Waals surface area contributed by atoms with Crippen molar-refractivity contribution in [1.82, 2.24) is 9.21 Å². The number of ether oxygens (including phenoxy) is 1. The van der Waals surface area contributed by atoms with Gasteiger partial charge in [-0.05, 0) is 38.4 Å². The second kappa shape index (κ2) is 7.30. The Balaban J connectivity index is 1.74. The number of sulfonamides is 1. The molecule has 5 nitrogen and oxygen atoms in total. The van der Waals surface area contributed by atoms with Gasteiger partial charge in [0.25, 0.3) is 0 Å². The minimum absolute atomic E-state index is 0.0588. The van der Waals surface area contributed by atoms with Gasteiger partial charge in [0.15, 0.2) is 0 Å². The molecule has 0 spiro atoms. The average molecular weight is 338 g/mol. The van der Waals surface area contributed by atoms with Crippen LogP contribution in [-0.2, 0) is 14.8 Å². The van der Waals surface area contributed by atoms with E-state index in [9.17, 15) is 8.42 Å². The minimum atomic E-state index is -3.29. The lowest BCUT2D eigenvalue weighted by atomic mass is 10.1. The van der Waals surface area contributed by atoms with Crippen molar-refractivity contribution in [3.8, 4) is 0 Å². The molecule has 2 saturated heterocycles. The van der Waals surface area contributed by atoms with Crippen LogP contribution < -0.4 is 0 Å². The van der Waals surface area contributed by atoms with Crippen LogP contribution in [-0.4, -0.2) is 62.3 Å². The Kier molecular flexibility index (Phi) is 5.36. The molecule has 1 aromatic carbocycles. The molecular weight excluding hydrogens is 312 g/mol. The smallest absolute Gasteiger partial charge is 0.216 e. The Morgan fingerprint density at radius 2 is 1.87 bits per heavy atom. The van der Waals surface area contributed by atoms with Crippen LogP contribution in [0.25, 0.3) is 0 Å². The van der Waals surface area contributed by atoms with Crippen molar-refractivity contribution in [2.24, 2.45) is 0 Å². The van der Waals surface area contributed by atoms with Crippen LogP contribution >= 0.6 is 0 Å². The highest BCUT2D eigenvalue weighted by Gasteiger charge is 2.36. The normalized spacial score (nSPS) is 27.3. The second-order valence-corrected chi connectivity index (χ2v) is 8.55. The fourth-order valence-corrected chi connectivity index (χ4v) is 5.12. The lowest BCUT2D eigenvalue weighted by molar-refractivity contribution is -0.0231. The van der Waals surface area contributed by atoms with E-state index in [0.29, 0.717) is 19.7 Å². The van der Waals surface area contributed by atoms with E-state index in [1.807, 2.05) is 37.3 Å². The molecule has 0 saturated carbocycles. The Morgan fingerprint density at radius 1 is 1.17 bits per heavy atom. The summed E-state index contributed by atoms with van der Waals surface area (Å²) in [5.41, 5.74) is 1.00. The number of hydrogen-bond acceptors (Lipinski definition) is 4. The van der Waals surface area contributed by atoms with Crippen LogP contribution in [0.15, 0.2) is 30.3 Å². The van der Waals surface area contributed by atoms with Crippen molar-refractivity contribution in [1.29, 1.82) is 0 Å². The van der Waals surface area contributed by atoms with Crippen molar-refractivity contribution < 1.29 is 13.2 Å². The summed E-state index contributed by atoms with van der Waals surface area (Å²) in [5.74, 6) is 0.197. The third-order valence-corrected chi connectivity index (χ3v) is 6.55. The van der Waals surface area contributed by atoms with Crippen LogP contribution in [0.5, 0.6) is 0 Å². The molecule has 2 unspecified atom stereocenters. The van der Waals surface area contributed by atoms with Gasteiger partial charge in [-0.15, -0.1) is 0 Å². The molecule has 3 rings (SSSR count). The molecule has 2 aliphatic rings. The van der Waals surface area contributed by atoms with Crippen LogP contribution in [0.3, 0.4) is 0 Å². The molecule has 0 bridgehead atoms. The number of nitrogens with zero attached hydrogens (tertiary/aromatic N) is 2. The van der Waals surface area contributed by atoms with Crippen LogP contribution in [0.2, 0.25) is 0 Å². The maximum absolute atomic E-state index is 12.9. The first-order chi connectivity index (χ1) is 11.1. The Morgan fingerprint density at radius 3 is 2.57 bits per heavy atom. The first-order valence-corrected chi connectivity index (χ1v) is 10.1. The van der Waals surface area contributed by atoms with Gasteiger partial charge < -0.3 is 9.64 Å². The monoisotopic (exact) mass is 338 g/mol. The van der Waals surface area contributed by atoms with E-state index in [1.165, 1.54) is 12.8 Å². The van der Waals surface area contributed by atoms with Gasteiger partial charge >= 0.3 is 0 Å².